The van der Waals surface area contributed by atoms with Crippen LogP contribution in [0.15, 0.2) is 0 Å². The van der Waals surface area contributed by atoms with Crippen molar-refractivity contribution in [3.8, 4) is 0 Å². The highest BCUT2D eigenvalue weighted by molar-refractivity contribution is 5.73. The second-order valence-electron chi connectivity index (χ2n) is 5.92. The van der Waals surface area contributed by atoms with Gasteiger partial charge >= 0.3 is 0 Å². The van der Waals surface area contributed by atoms with Gasteiger partial charge in [0.2, 0.25) is 5.91 Å². The van der Waals surface area contributed by atoms with E-state index in [2.05, 4.69) is 23.7 Å². The molecule has 1 aliphatic rings. The Hall–Kier alpha value is -1.85. The maximum Gasteiger partial charge on any atom is 0.219 e. The first-order valence-electron chi connectivity index (χ1n) is 7.54. The fourth-order valence-electron chi connectivity index (χ4n) is 2.55. The Balaban J connectivity index is 2.27. The van der Waals surface area contributed by atoms with Crippen LogP contribution < -0.4 is 10.6 Å². The lowest BCUT2D eigenvalue weighted by Gasteiger charge is -2.25. The van der Waals surface area contributed by atoms with Crippen molar-refractivity contribution < 1.29 is 4.79 Å². The standard InChI is InChI=1S/C15H25N5O/c1-10(2)14-17-13(16)11(3)15(18-14)20-7-5-6-19(8-9-20)12(4)21/h10H,5-9H2,1-4H3,(H2,16,17,18). The molecule has 21 heavy (non-hydrogen) atoms. The van der Waals surface area contributed by atoms with Crippen molar-refractivity contribution in [2.45, 2.75) is 40.0 Å². The van der Waals surface area contributed by atoms with Gasteiger partial charge in [0.15, 0.2) is 0 Å². The number of nitrogens with zero attached hydrogens (tertiary/aromatic N) is 4. The summed E-state index contributed by atoms with van der Waals surface area (Å²) in [5.41, 5.74) is 6.96. The number of carbonyl (C=O) groups excluding carboxylic acids is 1. The largest absolute Gasteiger partial charge is 0.383 e. The molecule has 1 saturated heterocycles. The fraction of sp³-hybridized carbons (Fsp3) is 0.667. The highest BCUT2D eigenvalue weighted by atomic mass is 16.2. The molecule has 2 N–H and O–H groups in total. The van der Waals surface area contributed by atoms with Crippen LogP contribution in [-0.4, -0.2) is 47.0 Å². The molecule has 2 rings (SSSR count). The molecular weight excluding hydrogens is 266 g/mol. The highest BCUT2D eigenvalue weighted by Gasteiger charge is 2.21. The first kappa shape index (κ1) is 15.5. The van der Waals surface area contributed by atoms with Crippen molar-refractivity contribution >= 4 is 17.5 Å². The van der Waals surface area contributed by atoms with Gasteiger partial charge in [0.05, 0.1) is 0 Å². The molecule has 0 unspecified atom stereocenters. The minimum atomic E-state index is 0.138. The van der Waals surface area contributed by atoms with Crippen LogP contribution in [0, 0.1) is 6.92 Å². The number of hydrogen-bond acceptors (Lipinski definition) is 5. The van der Waals surface area contributed by atoms with Crippen molar-refractivity contribution in [2.24, 2.45) is 0 Å². The molecule has 0 bridgehead atoms. The zero-order chi connectivity index (χ0) is 15.6. The molecule has 1 aliphatic heterocycles. The summed E-state index contributed by atoms with van der Waals surface area (Å²) in [6, 6.07) is 0. The van der Waals surface area contributed by atoms with E-state index in [1.165, 1.54) is 0 Å². The van der Waals surface area contributed by atoms with Gasteiger partial charge in [-0.15, -0.1) is 0 Å². The van der Waals surface area contributed by atoms with E-state index in [0.29, 0.717) is 5.82 Å². The molecule has 6 heteroatoms. The number of nitrogen functional groups attached to an aromatic ring is 1. The van der Waals surface area contributed by atoms with Crippen molar-refractivity contribution in [3.63, 3.8) is 0 Å². The topological polar surface area (TPSA) is 75.4 Å². The Bertz CT molecular complexity index is 529. The third-order valence-electron chi connectivity index (χ3n) is 3.93. The fourth-order valence-corrected chi connectivity index (χ4v) is 2.55. The van der Waals surface area contributed by atoms with Crippen LogP contribution in [0.2, 0.25) is 0 Å². The predicted octanol–water partition coefficient (Wildman–Crippen LogP) is 1.55. The summed E-state index contributed by atoms with van der Waals surface area (Å²) < 4.78 is 0. The minimum absolute atomic E-state index is 0.138. The Morgan fingerprint density at radius 3 is 2.52 bits per heavy atom. The lowest BCUT2D eigenvalue weighted by atomic mass is 10.2. The first-order valence-corrected chi connectivity index (χ1v) is 7.54. The molecule has 1 amide bonds. The maximum atomic E-state index is 11.5. The number of amides is 1. The van der Waals surface area contributed by atoms with Crippen LogP contribution in [0.25, 0.3) is 0 Å². The molecule has 0 spiro atoms. The van der Waals surface area contributed by atoms with E-state index >= 15 is 0 Å². The number of anilines is 2. The number of hydrogen-bond donors (Lipinski definition) is 1. The molecule has 0 aliphatic carbocycles. The second kappa shape index (κ2) is 6.28. The van der Waals surface area contributed by atoms with Crippen molar-refractivity contribution in [2.75, 3.05) is 36.8 Å². The van der Waals surface area contributed by atoms with Crippen molar-refractivity contribution in [3.05, 3.63) is 11.4 Å². The SMILES string of the molecule is CC(=O)N1CCCN(c2nc(C(C)C)nc(N)c2C)CC1. The van der Waals surface area contributed by atoms with Gasteiger partial charge in [-0.25, -0.2) is 9.97 Å². The smallest absolute Gasteiger partial charge is 0.219 e. The van der Waals surface area contributed by atoms with Gasteiger partial charge in [0, 0.05) is 44.6 Å². The van der Waals surface area contributed by atoms with Gasteiger partial charge in [-0.2, -0.15) is 0 Å². The summed E-state index contributed by atoms with van der Waals surface area (Å²) in [5.74, 6) is 2.62. The van der Waals surface area contributed by atoms with Gasteiger partial charge in [0.25, 0.3) is 0 Å². The molecule has 0 radical (unpaired) electrons. The zero-order valence-electron chi connectivity index (χ0n) is 13.4. The number of rotatable bonds is 2. The molecule has 116 valence electrons. The highest BCUT2D eigenvalue weighted by Crippen LogP contribution is 2.25. The molecular formula is C15H25N5O. The summed E-state index contributed by atoms with van der Waals surface area (Å²) in [5, 5.41) is 0. The maximum absolute atomic E-state index is 11.5. The van der Waals surface area contributed by atoms with E-state index in [0.717, 1.165) is 49.8 Å². The van der Waals surface area contributed by atoms with Gasteiger partial charge in [0.1, 0.15) is 17.5 Å². The Labute approximate surface area is 126 Å². The van der Waals surface area contributed by atoms with Crippen LogP contribution in [0.5, 0.6) is 0 Å². The Morgan fingerprint density at radius 2 is 1.90 bits per heavy atom. The quantitative estimate of drug-likeness (QED) is 0.894. The van der Waals surface area contributed by atoms with Crippen LogP contribution >= 0.6 is 0 Å². The van der Waals surface area contributed by atoms with E-state index in [1.54, 1.807) is 6.92 Å². The van der Waals surface area contributed by atoms with Gasteiger partial charge < -0.3 is 15.5 Å². The summed E-state index contributed by atoms with van der Waals surface area (Å²) in [4.78, 5) is 24.7. The average Bonchev–Trinajstić information content (AvgIpc) is 2.67. The lowest BCUT2D eigenvalue weighted by Crippen LogP contribution is -2.34. The average molecular weight is 291 g/mol. The predicted molar refractivity (Wildman–Crippen MR) is 84.4 cm³/mol. The minimum Gasteiger partial charge on any atom is -0.383 e. The molecule has 0 atom stereocenters. The normalized spacial score (nSPS) is 16.2. The van der Waals surface area contributed by atoms with Gasteiger partial charge in [-0.05, 0) is 13.3 Å². The number of carbonyl (C=O) groups is 1. The van der Waals surface area contributed by atoms with Crippen LogP contribution in [0.3, 0.4) is 0 Å². The van der Waals surface area contributed by atoms with Crippen molar-refractivity contribution in [1.82, 2.24) is 14.9 Å². The van der Waals surface area contributed by atoms with Gasteiger partial charge in [-0.1, -0.05) is 13.8 Å². The second-order valence-corrected chi connectivity index (χ2v) is 5.92. The summed E-state index contributed by atoms with van der Waals surface area (Å²) in [6.45, 7) is 10.9. The van der Waals surface area contributed by atoms with E-state index in [4.69, 9.17) is 10.7 Å². The Morgan fingerprint density at radius 1 is 1.19 bits per heavy atom. The van der Waals surface area contributed by atoms with E-state index in [-0.39, 0.29) is 11.8 Å². The number of nitrogens with two attached hydrogens (primary N) is 1. The molecule has 0 aromatic carbocycles. The number of aromatic nitrogens is 2. The molecule has 1 aromatic heterocycles. The molecule has 0 saturated carbocycles. The molecule has 2 heterocycles. The van der Waals surface area contributed by atoms with E-state index in [9.17, 15) is 4.79 Å². The van der Waals surface area contributed by atoms with Crippen LogP contribution in [-0.2, 0) is 4.79 Å². The Kier molecular flexibility index (Phi) is 4.65. The molecule has 1 aromatic rings. The lowest BCUT2D eigenvalue weighted by molar-refractivity contribution is -0.128. The van der Waals surface area contributed by atoms with Crippen LogP contribution in [0.4, 0.5) is 11.6 Å². The third kappa shape index (κ3) is 3.43. The molecule has 1 fully saturated rings. The first-order chi connectivity index (χ1) is 9.90. The van der Waals surface area contributed by atoms with Gasteiger partial charge in [-0.3, -0.25) is 4.79 Å². The third-order valence-corrected chi connectivity index (χ3v) is 3.93. The summed E-state index contributed by atoms with van der Waals surface area (Å²) >= 11 is 0. The van der Waals surface area contributed by atoms with Crippen LogP contribution in [0.1, 0.15) is 44.5 Å². The summed E-state index contributed by atoms with van der Waals surface area (Å²) in [7, 11) is 0. The summed E-state index contributed by atoms with van der Waals surface area (Å²) in [6.07, 6.45) is 0.944. The molecule has 6 nitrogen and oxygen atoms in total. The van der Waals surface area contributed by atoms with Crippen molar-refractivity contribution in [1.29, 1.82) is 0 Å². The van der Waals surface area contributed by atoms with E-state index in [1.807, 2.05) is 11.8 Å². The van der Waals surface area contributed by atoms with E-state index < -0.39 is 0 Å². The monoisotopic (exact) mass is 291 g/mol. The zero-order valence-corrected chi connectivity index (χ0v) is 13.4.